The fourth-order valence-electron chi connectivity index (χ4n) is 2.25. The summed E-state index contributed by atoms with van der Waals surface area (Å²) in [6.45, 7) is 1.78. The second-order valence-corrected chi connectivity index (χ2v) is 4.85. The van der Waals surface area contributed by atoms with Crippen molar-refractivity contribution in [2.75, 3.05) is 13.1 Å². The van der Waals surface area contributed by atoms with Gasteiger partial charge in [0.15, 0.2) is 0 Å². The molecule has 2 heterocycles. The van der Waals surface area contributed by atoms with Gasteiger partial charge >= 0.3 is 0 Å². The first kappa shape index (κ1) is 12.7. The number of rotatable bonds is 3. The van der Waals surface area contributed by atoms with Gasteiger partial charge in [0.1, 0.15) is 0 Å². The first-order valence-corrected chi connectivity index (χ1v) is 6.58. The van der Waals surface area contributed by atoms with Crippen LogP contribution in [-0.2, 0) is 7.05 Å². The van der Waals surface area contributed by atoms with Gasteiger partial charge in [0, 0.05) is 23.7 Å². The molecule has 0 unspecified atom stereocenters. The number of hydrogen-bond acceptors (Lipinski definition) is 5. The van der Waals surface area contributed by atoms with Gasteiger partial charge in [-0.1, -0.05) is 12.1 Å². The highest BCUT2D eigenvalue weighted by molar-refractivity contribution is 5.95. The summed E-state index contributed by atoms with van der Waals surface area (Å²) >= 11 is 0. The molecular weight excluding hydrogens is 256 g/mol. The van der Waals surface area contributed by atoms with E-state index in [1.807, 2.05) is 12.1 Å². The Hall–Kier alpha value is -2.28. The van der Waals surface area contributed by atoms with Gasteiger partial charge in [-0.15, -0.1) is 10.2 Å². The lowest BCUT2D eigenvalue weighted by atomic mass is 10.1. The first-order valence-electron chi connectivity index (χ1n) is 6.58. The monoisotopic (exact) mass is 272 g/mol. The zero-order valence-corrected chi connectivity index (χ0v) is 11.2. The van der Waals surface area contributed by atoms with Crippen molar-refractivity contribution in [2.45, 2.75) is 12.5 Å². The van der Waals surface area contributed by atoms with Crippen LogP contribution in [-0.4, -0.2) is 45.2 Å². The van der Waals surface area contributed by atoms with Crippen LogP contribution in [0.4, 0.5) is 0 Å². The summed E-state index contributed by atoms with van der Waals surface area (Å²) in [5.41, 5.74) is 1.40. The van der Waals surface area contributed by atoms with Crippen molar-refractivity contribution < 1.29 is 4.79 Å². The molecule has 2 aromatic rings. The van der Waals surface area contributed by atoms with Crippen LogP contribution in [0.2, 0.25) is 0 Å². The maximum Gasteiger partial charge on any atom is 0.251 e. The molecule has 0 aliphatic carbocycles. The number of amides is 1. The molecule has 7 nitrogen and oxygen atoms in total. The Labute approximate surface area is 116 Å². The SMILES string of the molecule is Cn1nnc(-c2cccc(C(=O)N[C@H]3CCNC3)c2)n1. The molecule has 7 heteroatoms. The van der Waals surface area contributed by atoms with Gasteiger partial charge in [0.25, 0.3) is 5.91 Å². The maximum atomic E-state index is 12.2. The number of nitrogens with zero attached hydrogens (tertiary/aromatic N) is 4. The Balaban J connectivity index is 1.78. The van der Waals surface area contributed by atoms with Crippen LogP contribution < -0.4 is 10.6 Å². The minimum Gasteiger partial charge on any atom is -0.348 e. The summed E-state index contributed by atoms with van der Waals surface area (Å²) in [6.07, 6.45) is 0.969. The minimum absolute atomic E-state index is 0.0653. The van der Waals surface area contributed by atoms with E-state index in [-0.39, 0.29) is 11.9 Å². The third kappa shape index (κ3) is 2.67. The molecule has 1 atom stereocenters. The summed E-state index contributed by atoms with van der Waals surface area (Å²) < 4.78 is 0. The summed E-state index contributed by atoms with van der Waals surface area (Å²) in [5, 5.41) is 18.1. The molecule has 1 amide bonds. The first-order chi connectivity index (χ1) is 9.72. The molecule has 0 spiro atoms. The molecule has 1 aromatic heterocycles. The van der Waals surface area contributed by atoms with Gasteiger partial charge in [-0.3, -0.25) is 4.79 Å². The molecule has 1 aromatic carbocycles. The summed E-state index contributed by atoms with van der Waals surface area (Å²) in [5.74, 6) is 0.453. The van der Waals surface area contributed by atoms with Gasteiger partial charge in [-0.25, -0.2) is 0 Å². The molecule has 2 N–H and O–H groups in total. The molecule has 0 bridgehead atoms. The third-order valence-electron chi connectivity index (χ3n) is 3.29. The molecule has 20 heavy (non-hydrogen) atoms. The van der Waals surface area contributed by atoms with Crippen LogP contribution >= 0.6 is 0 Å². The Morgan fingerprint density at radius 2 is 2.40 bits per heavy atom. The average Bonchev–Trinajstić information content (AvgIpc) is 3.10. The molecular formula is C13H16N6O. The second kappa shape index (κ2) is 5.38. The lowest BCUT2D eigenvalue weighted by molar-refractivity contribution is 0.0940. The Morgan fingerprint density at radius 1 is 1.50 bits per heavy atom. The van der Waals surface area contributed by atoms with E-state index in [9.17, 15) is 4.79 Å². The molecule has 1 aliphatic heterocycles. The van der Waals surface area contributed by atoms with E-state index in [4.69, 9.17) is 0 Å². The van der Waals surface area contributed by atoms with Crippen LogP contribution in [0.25, 0.3) is 11.4 Å². The van der Waals surface area contributed by atoms with Crippen LogP contribution in [0.5, 0.6) is 0 Å². The molecule has 1 aliphatic rings. The smallest absolute Gasteiger partial charge is 0.251 e. The highest BCUT2D eigenvalue weighted by atomic mass is 16.1. The van der Waals surface area contributed by atoms with Crippen LogP contribution in [0, 0.1) is 0 Å². The highest BCUT2D eigenvalue weighted by Crippen LogP contribution is 2.15. The number of hydrogen-bond donors (Lipinski definition) is 2. The lowest BCUT2D eigenvalue weighted by Gasteiger charge is -2.11. The quantitative estimate of drug-likeness (QED) is 0.819. The lowest BCUT2D eigenvalue weighted by Crippen LogP contribution is -2.36. The molecule has 104 valence electrons. The van der Waals surface area contributed by atoms with Crippen molar-refractivity contribution >= 4 is 5.91 Å². The molecule has 1 saturated heterocycles. The van der Waals surface area contributed by atoms with E-state index in [0.29, 0.717) is 11.4 Å². The Bertz CT molecular complexity index is 617. The molecule has 1 fully saturated rings. The second-order valence-electron chi connectivity index (χ2n) is 4.85. The van der Waals surface area contributed by atoms with E-state index in [1.54, 1.807) is 19.2 Å². The van der Waals surface area contributed by atoms with E-state index in [1.165, 1.54) is 4.80 Å². The molecule has 0 radical (unpaired) electrons. The fourth-order valence-corrected chi connectivity index (χ4v) is 2.25. The number of aromatic nitrogens is 4. The normalized spacial score (nSPS) is 18.1. The van der Waals surface area contributed by atoms with Crippen molar-refractivity contribution in [3.05, 3.63) is 29.8 Å². The Morgan fingerprint density at radius 3 is 3.10 bits per heavy atom. The standard InChI is InChI=1S/C13H16N6O/c1-19-17-12(16-18-19)9-3-2-4-10(7-9)13(20)15-11-5-6-14-8-11/h2-4,7,11,14H,5-6,8H2,1H3,(H,15,20)/t11-/m0/s1. The maximum absolute atomic E-state index is 12.2. The van der Waals surface area contributed by atoms with Gasteiger partial charge < -0.3 is 10.6 Å². The van der Waals surface area contributed by atoms with E-state index >= 15 is 0 Å². The van der Waals surface area contributed by atoms with Crippen molar-refractivity contribution in [1.82, 2.24) is 30.8 Å². The van der Waals surface area contributed by atoms with Crippen molar-refractivity contribution in [1.29, 1.82) is 0 Å². The van der Waals surface area contributed by atoms with Crippen molar-refractivity contribution in [3.8, 4) is 11.4 Å². The van der Waals surface area contributed by atoms with Crippen molar-refractivity contribution in [3.63, 3.8) is 0 Å². The number of tetrazole rings is 1. The fraction of sp³-hybridized carbons (Fsp3) is 0.385. The molecule has 0 saturated carbocycles. The number of nitrogens with one attached hydrogen (secondary N) is 2. The van der Waals surface area contributed by atoms with E-state index in [0.717, 1.165) is 25.1 Å². The van der Waals surface area contributed by atoms with E-state index < -0.39 is 0 Å². The zero-order chi connectivity index (χ0) is 13.9. The minimum atomic E-state index is -0.0653. The number of carbonyl (C=O) groups is 1. The topological polar surface area (TPSA) is 84.7 Å². The number of carbonyl (C=O) groups excluding carboxylic acids is 1. The molecule has 3 rings (SSSR count). The largest absolute Gasteiger partial charge is 0.348 e. The Kier molecular flexibility index (Phi) is 3.42. The third-order valence-corrected chi connectivity index (χ3v) is 3.29. The zero-order valence-electron chi connectivity index (χ0n) is 11.2. The highest BCUT2D eigenvalue weighted by Gasteiger charge is 2.18. The van der Waals surface area contributed by atoms with Gasteiger partial charge in [-0.2, -0.15) is 4.80 Å². The van der Waals surface area contributed by atoms with E-state index in [2.05, 4.69) is 26.0 Å². The van der Waals surface area contributed by atoms with Crippen LogP contribution in [0.15, 0.2) is 24.3 Å². The van der Waals surface area contributed by atoms with Gasteiger partial charge in [0.2, 0.25) is 5.82 Å². The average molecular weight is 272 g/mol. The summed E-state index contributed by atoms with van der Waals surface area (Å²) in [7, 11) is 1.71. The summed E-state index contributed by atoms with van der Waals surface area (Å²) in [4.78, 5) is 13.6. The van der Waals surface area contributed by atoms with Gasteiger partial charge in [-0.05, 0) is 30.3 Å². The van der Waals surface area contributed by atoms with Crippen LogP contribution in [0.1, 0.15) is 16.8 Å². The number of benzene rings is 1. The number of aryl methyl sites for hydroxylation is 1. The summed E-state index contributed by atoms with van der Waals surface area (Å²) in [6, 6.07) is 7.48. The van der Waals surface area contributed by atoms with Crippen molar-refractivity contribution in [2.24, 2.45) is 7.05 Å². The van der Waals surface area contributed by atoms with Gasteiger partial charge in [0.05, 0.1) is 7.05 Å². The predicted octanol–water partition coefficient (Wildman–Crippen LogP) is -0.0312. The van der Waals surface area contributed by atoms with Crippen LogP contribution in [0.3, 0.4) is 0 Å². The predicted molar refractivity (Wildman–Crippen MR) is 73.0 cm³/mol.